The molecule has 0 aromatic rings. The van der Waals surface area contributed by atoms with Crippen molar-refractivity contribution in [3.05, 3.63) is 0 Å². The molecular formula is C10H20N2. The Bertz CT molecular complexity index is 143. The minimum atomic E-state index is 0.750. The molecule has 2 unspecified atom stereocenters. The summed E-state index contributed by atoms with van der Waals surface area (Å²) in [5.41, 5.74) is 5.72. The Kier molecular flexibility index (Phi) is 2.66. The molecule has 0 aromatic heterocycles. The summed E-state index contributed by atoms with van der Waals surface area (Å²) >= 11 is 0. The average molecular weight is 168 g/mol. The fraction of sp³-hybridized carbons (Fsp3) is 1.00. The van der Waals surface area contributed by atoms with Crippen LogP contribution in [0.1, 0.15) is 38.5 Å². The van der Waals surface area contributed by atoms with Gasteiger partial charge in [-0.2, -0.15) is 0 Å². The first kappa shape index (κ1) is 8.52. The van der Waals surface area contributed by atoms with E-state index in [1.54, 1.807) is 0 Å². The van der Waals surface area contributed by atoms with E-state index >= 15 is 0 Å². The topological polar surface area (TPSA) is 38.0 Å². The van der Waals surface area contributed by atoms with Gasteiger partial charge in [-0.3, -0.25) is 0 Å². The lowest BCUT2D eigenvalue weighted by atomic mass is 9.91. The minimum Gasteiger partial charge on any atom is -0.330 e. The van der Waals surface area contributed by atoms with Crippen LogP contribution in [-0.4, -0.2) is 18.6 Å². The molecule has 2 rings (SSSR count). The second-order valence-corrected chi connectivity index (χ2v) is 4.33. The molecular weight excluding hydrogens is 148 g/mol. The Morgan fingerprint density at radius 3 is 2.42 bits per heavy atom. The molecule has 2 aliphatic rings. The van der Waals surface area contributed by atoms with Crippen LogP contribution >= 0.6 is 0 Å². The Balaban J connectivity index is 1.77. The van der Waals surface area contributed by atoms with Crippen molar-refractivity contribution in [2.75, 3.05) is 6.54 Å². The smallest absolute Gasteiger partial charge is 0.0110 e. The van der Waals surface area contributed by atoms with Crippen molar-refractivity contribution in [2.45, 2.75) is 50.6 Å². The van der Waals surface area contributed by atoms with Crippen LogP contribution in [0.5, 0.6) is 0 Å². The number of nitrogens with two attached hydrogens (primary N) is 1. The van der Waals surface area contributed by atoms with Crippen molar-refractivity contribution in [2.24, 2.45) is 11.7 Å². The first-order valence-electron chi connectivity index (χ1n) is 5.36. The molecule has 0 aliphatic heterocycles. The maximum atomic E-state index is 5.72. The molecule has 12 heavy (non-hydrogen) atoms. The fourth-order valence-corrected chi connectivity index (χ4v) is 2.42. The quantitative estimate of drug-likeness (QED) is 0.665. The zero-order valence-electron chi connectivity index (χ0n) is 7.76. The van der Waals surface area contributed by atoms with Gasteiger partial charge in [0, 0.05) is 12.1 Å². The minimum absolute atomic E-state index is 0.750. The van der Waals surface area contributed by atoms with Gasteiger partial charge < -0.3 is 11.1 Å². The second-order valence-electron chi connectivity index (χ2n) is 4.33. The number of rotatable bonds is 3. The fourth-order valence-electron chi connectivity index (χ4n) is 2.42. The highest BCUT2D eigenvalue weighted by molar-refractivity contribution is 4.88. The SMILES string of the molecule is NCC1CCCC1NC1CCC1. The highest BCUT2D eigenvalue weighted by atomic mass is 15.0. The maximum Gasteiger partial charge on any atom is 0.0110 e. The van der Waals surface area contributed by atoms with E-state index in [1.807, 2.05) is 0 Å². The third-order valence-corrected chi connectivity index (χ3v) is 3.52. The number of hydrogen-bond acceptors (Lipinski definition) is 2. The summed E-state index contributed by atoms with van der Waals surface area (Å²) in [6.45, 7) is 0.879. The van der Waals surface area contributed by atoms with Crippen LogP contribution < -0.4 is 11.1 Å². The monoisotopic (exact) mass is 168 g/mol. The largest absolute Gasteiger partial charge is 0.330 e. The summed E-state index contributed by atoms with van der Waals surface area (Å²) in [4.78, 5) is 0. The summed E-state index contributed by atoms with van der Waals surface area (Å²) in [5, 5.41) is 3.74. The van der Waals surface area contributed by atoms with Gasteiger partial charge in [0.25, 0.3) is 0 Å². The van der Waals surface area contributed by atoms with Crippen LogP contribution in [0.2, 0.25) is 0 Å². The molecule has 2 heteroatoms. The molecule has 2 aliphatic carbocycles. The van der Waals surface area contributed by atoms with Crippen molar-refractivity contribution in [1.29, 1.82) is 0 Å². The lowest BCUT2D eigenvalue weighted by Gasteiger charge is -2.32. The van der Waals surface area contributed by atoms with E-state index in [1.165, 1.54) is 38.5 Å². The van der Waals surface area contributed by atoms with Gasteiger partial charge in [-0.15, -0.1) is 0 Å². The van der Waals surface area contributed by atoms with Gasteiger partial charge in [0.2, 0.25) is 0 Å². The molecule has 0 spiro atoms. The second kappa shape index (κ2) is 3.75. The summed E-state index contributed by atoms with van der Waals surface area (Å²) in [6, 6.07) is 1.59. The van der Waals surface area contributed by atoms with Gasteiger partial charge in [0.1, 0.15) is 0 Å². The zero-order valence-corrected chi connectivity index (χ0v) is 7.76. The van der Waals surface area contributed by atoms with Gasteiger partial charge in [-0.1, -0.05) is 12.8 Å². The van der Waals surface area contributed by atoms with E-state index in [4.69, 9.17) is 5.73 Å². The van der Waals surface area contributed by atoms with Gasteiger partial charge >= 0.3 is 0 Å². The van der Waals surface area contributed by atoms with Crippen LogP contribution in [-0.2, 0) is 0 Å². The molecule has 3 N–H and O–H groups in total. The first-order chi connectivity index (χ1) is 5.90. The van der Waals surface area contributed by atoms with E-state index in [2.05, 4.69) is 5.32 Å². The Morgan fingerprint density at radius 1 is 1.08 bits per heavy atom. The van der Waals surface area contributed by atoms with E-state index in [0.717, 1.165) is 24.5 Å². The normalized spacial score (nSPS) is 36.8. The van der Waals surface area contributed by atoms with Crippen molar-refractivity contribution in [1.82, 2.24) is 5.32 Å². The third kappa shape index (κ3) is 1.64. The van der Waals surface area contributed by atoms with Gasteiger partial charge in [0.05, 0.1) is 0 Å². The molecule has 0 aromatic carbocycles. The Labute approximate surface area is 74.9 Å². The van der Waals surface area contributed by atoms with E-state index in [9.17, 15) is 0 Å². The van der Waals surface area contributed by atoms with Crippen LogP contribution in [0.3, 0.4) is 0 Å². The highest BCUT2D eigenvalue weighted by Crippen LogP contribution is 2.28. The molecule has 2 nitrogen and oxygen atoms in total. The van der Waals surface area contributed by atoms with Gasteiger partial charge in [-0.05, 0) is 38.1 Å². The van der Waals surface area contributed by atoms with E-state index < -0.39 is 0 Å². The van der Waals surface area contributed by atoms with E-state index in [0.29, 0.717) is 0 Å². The molecule has 70 valence electrons. The van der Waals surface area contributed by atoms with Crippen molar-refractivity contribution >= 4 is 0 Å². The summed E-state index contributed by atoms with van der Waals surface area (Å²) < 4.78 is 0. The zero-order chi connectivity index (χ0) is 8.39. The van der Waals surface area contributed by atoms with Crippen molar-refractivity contribution in [3.63, 3.8) is 0 Å². The average Bonchev–Trinajstić information content (AvgIpc) is 2.43. The van der Waals surface area contributed by atoms with Gasteiger partial charge in [-0.25, -0.2) is 0 Å². The molecule has 2 fully saturated rings. The third-order valence-electron chi connectivity index (χ3n) is 3.52. The van der Waals surface area contributed by atoms with Crippen molar-refractivity contribution < 1.29 is 0 Å². The summed E-state index contributed by atoms with van der Waals surface area (Å²) in [7, 11) is 0. The van der Waals surface area contributed by atoms with Crippen molar-refractivity contribution in [3.8, 4) is 0 Å². The summed E-state index contributed by atoms with van der Waals surface area (Å²) in [5.74, 6) is 0.769. The molecule has 2 saturated carbocycles. The number of nitrogens with one attached hydrogen (secondary N) is 1. The van der Waals surface area contributed by atoms with Crippen LogP contribution in [0.25, 0.3) is 0 Å². The molecule has 0 heterocycles. The lowest BCUT2D eigenvalue weighted by molar-refractivity contribution is 0.275. The Hall–Kier alpha value is -0.0800. The highest BCUT2D eigenvalue weighted by Gasteiger charge is 2.29. The molecule has 0 saturated heterocycles. The van der Waals surface area contributed by atoms with Crippen LogP contribution in [0.15, 0.2) is 0 Å². The standard InChI is InChI=1S/C10H20N2/c11-7-8-3-1-6-10(8)12-9-4-2-5-9/h8-10,12H,1-7,11H2. The predicted octanol–water partition coefficient (Wildman–Crippen LogP) is 1.26. The van der Waals surface area contributed by atoms with Crippen LogP contribution in [0.4, 0.5) is 0 Å². The van der Waals surface area contributed by atoms with Gasteiger partial charge in [0.15, 0.2) is 0 Å². The lowest BCUT2D eigenvalue weighted by Crippen LogP contribution is -2.45. The van der Waals surface area contributed by atoms with E-state index in [-0.39, 0.29) is 0 Å². The Morgan fingerprint density at radius 2 is 1.83 bits per heavy atom. The number of hydrogen-bond donors (Lipinski definition) is 2. The molecule has 0 amide bonds. The molecule has 0 radical (unpaired) electrons. The predicted molar refractivity (Wildman–Crippen MR) is 51.0 cm³/mol. The first-order valence-corrected chi connectivity index (χ1v) is 5.36. The summed E-state index contributed by atoms with van der Waals surface area (Å²) in [6.07, 6.45) is 8.31. The molecule has 0 bridgehead atoms. The van der Waals surface area contributed by atoms with Crippen LogP contribution in [0, 0.1) is 5.92 Å². The molecule has 2 atom stereocenters. The maximum absolute atomic E-state index is 5.72.